The van der Waals surface area contributed by atoms with Crippen LogP contribution in [0.5, 0.6) is 0 Å². The Hall–Kier alpha value is -1.59. The van der Waals surface area contributed by atoms with E-state index in [2.05, 4.69) is 24.5 Å². The second-order valence-corrected chi connectivity index (χ2v) is 6.50. The number of urea groups is 1. The lowest BCUT2D eigenvalue weighted by Crippen LogP contribution is -3.15. The summed E-state index contributed by atoms with van der Waals surface area (Å²) in [7, 11) is 0. The zero-order valence-corrected chi connectivity index (χ0v) is 13.8. The lowest BCUT2D eigenvalue weighted by Gasteiger charge is -2.31. The molecule has 1 unspecified atom stereocenters. The summed E-state index contributed by atoms with van der Waals surface area (Å²) < 4.78 is 5.74. The molecular weight excluding hydrogens is 278 g/mol. The molecule has 1 aliphatic heterocycles. The smallest absolute Gasteiger partial charge is 0.319 e. The van der Waals surface area contributed by atoms with E-state index in [1.165, 1.54) is 5.56 Å². The van der Waals surface area contributed by atoms with Crippen LogP contribution in [0.2, 0.25) is 0 Å². The number of quaternary nitrogens is 1. The van der Waals surface area contributed by atoms with Crippen molar-refractivity contribution in [2.45, 2.75) is 26.9 Å². The number of aryl methyl sites for hydroxylation is 1. The Morgan fingerprint density at radius 2 is 2.09 bits per heavy atom. The van der Waals surface area contributed by atoms with Gasteiger partial charge in [-0.2, -0.15) is 0 Å². The Morgan fingerprint density at radius 1 is 1.36 bits per heavy atom. The second kappa shape index (κ2) is 8.15. The Balaban J connectivity index is 1.72. The summed E-state index contributed by atoms with van der Waals surface area (Å²) in [5, 5.41) is 5.74. The number of nitrogens with one attached hydrogen (secondary N) is 3. The van der Waals surface area contributed by atoms with Gasteiger partial charge in [-0.3, -0.25) is 0 Å². The van der Waals surface area contributed by atoms with Crippen molar-refractivity contribution in [3.63, 3.8) is 0 Å². The summed E-state index contributed by atoms with van der Waals surface area (Å²) in [5.41, 5.74) is 1.98. The van der Waals surface area contributed by atoms with Crippen molar-refractivity contribution in [2.75, 3.05) is 38.1 Å². The molecule has 1 aromatic carbocycles. The zero-order valence-electron chi connectivity index (χ0n) is 13.8. The van der Waals surface area contributed by atoms with E-state index in [1.54, 1.807) is 4.90 Å². The SMILES string of the molecule is Cc1ccc(NC(=O)NC[C@@H]2C[NH+](CC(C)C)CCO2)cc1. The van der Waals surface area contributed by atoms with Crippen molar-refractivity contribution in [3.8, 4) is 0 Å². The van der Waals surface area contributed by atoms with Crippen LogP contribution in [0.25, 0.3) is 0 Å². The summed E-state index contributed by atoms with van der Waals surface area (Å²) in [5.74, 6) is 0.687. The molecule has 1 aliphatic rings. The lowest BCUT2D eigenvalue weighted by molar-refractivity contribution is -0.914. The van der Waals surface area contributed by atoms with E-state index in [1.807, 2.05) is 31.2 Å². The molecule has 2 amide bonds. The molecule has 1 heterocycles. The highest BCUT2D eigenvalue weighted by Crippen LogP contribution is 2.08. The maximum atomic E-state index is 11.9. The van der Waals surface area contributed by atoms with Crippen molar-refractivity contribution in [2.24, 2.45) is 5.92 Å². The summed E-state index contributed by atoms with van der Waals surface area (Å²) in [6.45, 7) is 11.0. The normalized spacial score (nSPS) is 21.6. The van der Waals surface area contributed by atoms with Crippen LogP contribution in [0, 0.1) is 12.8 Å². The monoisotopic (exact) mass is 306 g/mol. The third-order valence-corrected chi connectivity index (χ3v) is 3.82. The highest BCUT2D eigenvalue weighted by Gasteiger charge is 2.24. The van der Waals surface area contributed by atoms with Gasteiger partial charge < -0.3 is 20.3 Å². The highest BCUT2D eigenvalue weighted by molar-refractivity contribution is 5.89. The average molecular weight is 306 g/mol. The molecule has 1 saturated heterocycles. The van der Waals surface area contributed by atoms with Crippen LogP contribution in [0.3, 0.4) is 0 Å². The predicted octanol–water partition coefficient (Wildman–Crippen LogP) is 1.06. The lowest BCUT2D eigenvalue weighted by atomic mass is 10.2. The molecule has 22 heavy (non-hydrogen) atoms. The largest absolute Gasteiger partial charge is 0.365 e. The first-order valence-corrected chi connectivity index (χ1v) is 8.09. The molecule has 122 valence electrons. The van der Waals surface area contributed by atoms with E-state index < -0.39 is 0 Å². The number of rotatable bonds is 5. The fraction of sp³-hybridized carbons (Fsp3) is 0.588. The molecule has 0 aliphatic carbocycles. The first kappa shape index (κ1) is 16.8. The number of carbonyl (C=O) groups excluding carboxylic acids is 1. The molecule has 1 fully saturated rings. The van der Waals surface area contributed by atoms with Crippen molar-refractivity contribution in [1.82, 2.24) is 5.32 Å². The number of anilines is 1. The van der Waals surface area contributed by atoms with Gasteiger partial charge in [0.1, 0.15) is 19.2 Å². The summed E-state index contributed by atoms with van der Waals surface area (Å²) in [4.78, 5) is 13.5. The number of carbonyl (C=O) groups is 1. The van der Waals surface area contributed by atoms with Crippen LogP contribution in [-0.2, 0) is 4.74 Å². The number of hydrogen-bond acceptors (Lipinski definition) is 2. The summed E-state index contributed by atoms with van der Waals surface area (Å²) >= 11 is 0. The quantitative estimate of drug-likeness (QED) is 0.762. The van der Waals surface area contributed by atoms with Crippen molar-refractivity contribution >= 4 is 11.7 Å². The molecule has 5 nitrogen and oxygen atoms in total. The maximum absolute atomic E-state index is 11.9. The Kier molecular flexibility index (Phi) is 6.21. The van der Waals surface area contributed by atoms with Crippen LogP contribution in [0.15, 0.2) is 24.3 Å². The van der Waals surface area contributed by atoms with Gasteiger partial charge in [0.2, 0.25) is 0 Å². The summed E-state index contributed by atoms with van der Waals surface area (Å²) in [6, 6.07) is 7.59. The number of ether oxygens (including phenoxy) is 1. The van der Waals surface area contributed by atoms with E-state index in [4.69, 9.17) is 4.74 Å². The molecule has 2 rings (SSSR count). The minimum absolute atomic E-state index is 0.103. The van der Waals surface area contributed by atoms with Crippen LogP contribution in [0.1, 0.15) is 19.4 Å². The summed E-state index contributed by atoms with van der Waals surface area (Å²) in [6.07, 6.45) is 0.103. The Morgan fingerprint density at radius 3 is 2.77 bits per heavy atom. The van der Waals surface area contributed by atoms with E-state index in [9.17, 15) is 4.79 Å². The fourth-order valence-electron chi connectivity index (χ4n) is 2.77. The molecule has 5 heteroatoms. The topological polar surface area (TPSA) is 54.8 Å². The van der Waals surface area contributed by atoms with Crippen molar-refractivity contribution < 1.29 is 14.4 Å². The fourth-order valence-corrected chi connectivity index (χ4v) is 2.77. The van der Waals surface area contributed by atoms with Gasteiger partial charge in [0.05, 0.1) is 19.7 Å². The molecular formula is C17H28N3O2+. The van der Waals surface area contributed by atoms with Gasteiger partial charge in [0, 0.05) is 11.6 Å². The minimum atomic E-state index is -0.177. The van der Waals surface area contributed by atoms with Crippen LogP contribution in [0.4, 0.5) is 10.5 Å². The minimum Gasteiger partial charge on any atom is -0.365 e. The van der Waals surface area contributed by atoms with E-state index in [-0.39, 0.29) is 12.1 Å². The number of hydrogen-bond donors (Lipinski definition) is 3. The highest BCUT2D eigenvalue weighted by atomic mass is 16.5. The Bertz CT molecular complexity index is 473. The van der Waals surface area contributed by atoms with Gasteiger partial charge in [0.25, 0.3) is 0 Å². The van der Waals surface area contributed by atoms with Crippen molar-refractivity contribution in [1.29, 1.82) is 0 Å². The van der Waals surface area contributed by atoms with Crippen LogP contribution in [-0.4, -0.2) is 44.9 Å². The molecule has 0 radical (unpaired) electrons. The Labute approximate surface area is 133 Å². The average Bonchev–Trinajstić information content (AvgIpc) is 2.47. The van der Waals surface area contributed by atoms with Gasteiger partial charge in [-0.05, 0) is 19.1 Å². The third kappa shape index (κ3) is 5.66. The standard InChI is InChI=1S/C17H27N3O2/c1-13(2)11-20-8-9-22-16(12-20)10-18-17(21)19-15-6-4-14(3)5-7-15/h4-7,13,16H,8-12H2,1-3H3,(H2,18,19,21)/p+1/t16-/m1/s1. The zero-order chi connectivity index (χ0) is 15.9. The van der Waals surface area contributed by atoms with Crippen molar-refractivity contribution in [3.05, 3.63) is 29.8 Å². The van der Waals surface area contributed by atoms with Crippen LogP contribution >= 0.6 is 0 Å². The van der Waals surface area contributed by atoms with Crippen LogP contribution < -0.4 is 15.5 Å². The number of morpholine rings is 1. The molecule has 3 N–H and O–H groups in total. The van der Waals surface area contributed by atoms with Gasteiger partial charge >= 0.3 is 6.03 Å². The first-order valence-electron chi connectivity index (χ1n) is 8.09. The molecule has 0 saturated carbocycles. The molecule has 1 aromatic rings. The number of amides is 2. The maximum Gasteiger partial charge on any atom is 0.319 e. The molecule has 0 bridgehead atoms. The number of benzene rings is 1. The first-order chi connectivity index (χ1) is 10.5. The van der Waals surface area contributed by atoms with E-state index in [0.29, 0.717) is 12.5 Å². The molecule has 2 atom stereocenters. The van der Waals surface area contributed by atoms with E-state index >= 15 is 0 Å². The molecule has 0 aromatic heterocycles. The van der Waals surface area contributed by atoms with Gasteiger partial charge in [0.15, 0.2) is 0 Å². The molecule has 0 spiro atoms. The second-order valence-electron chi connectivity index (χ2n) is 6.50. The van der Waals surface area contributed by atoms with Gasteiger partial charge in [-0.15, -0.1) is 0 Å². The van der Waals surface area contributed by atoms with Gasteiger partial charge in [-0.25, -0.2) is 4.79 Å². The third-order valence-electron chi connectivity index (χ3n) is 3.82. The van der Waals surface area contributed by atoms with Gasteiger partial charge in [-0.1, -0.05) is 31.5 Å². The van der Waals surface area contributed by atoms with E-state index in [0.717, 1.165) is 31.9 Å². The predicted molar refractivity (Wildman–Crippen MR) is 88.3 cm³/mol.